The number of carbonyl (C=O) groups excluding carboxylic acids is 2. The van der Waals surface area contributed by atoms with Crippen LogP contribution in [0.5, 0.6) is 0 Å². The van der Waals surface area contributed by atoms with Crippen molar-refractivity contribution in [2.45, 2.75) is 51.9 Å². The van der Waals surface area contributed by atoms with Crippen LogP contribution in [0.2, 0.25) is 0 Å². The summed E-state index contributed by atoms with van der Waals surface area (Å²) in [6.07, 6.45) is 6.07. The lowest BCUT2D eigenvalue weighted by Gasteiger charge is -2.20. The number of hydrazine groups is 1. The van der Waals surface area contributed by atoms with Crippen molar-refractivity contribution >= 4 is 11.8 Å². The molecule has 0 aromatic heterocycles. The number of rotatable bonds is 6. The predicted octanol–water partition coefficient (Wildman–Crippen LogP) is 1.19. The van der Waals surface area contributed by atoms with E-state index in [0.717, 1.165) is 45.2 Å². The van der Waals surface area contributed by atoms with E-state index in [9.17, 15) is 9.59 Å². The second-order valence-corrected chi connectivity index (χ2v) is 5.19. The quantitative estimate of drug-likeness (QED) is 0.324. The van der Waals surface area contributed by atoms with Crippen molar-refractivity contribution in [3.05, 3.63) is 0 Å². The highest BCUT2D eigenvalue weighted by Crippen LogP contribution is 2.17. The Labute approximate surface area is 109 Å². The number of likely N-dealkylation sites (tertiary alicyclic amines) is 1. The van der Waals surface area contributed by atoms with Crippen molar-refractivity contribution in [3.63, 3.8) is 0 Å². The van der Waals surface area contributed by atoms with E-state index in [1.54, 1.807) is 0 Å². The largest absolute Gasteiger partial charge is 0.343 e. The zero-order valence-electron chi connectivity index (χ0n) is 11.3. The Bertz CT molecular complexity index is 281. The Hall–Kier alpha value is -1.10. The number of nitrogens with one attached hydrogen (secondary N) is 1. The smallest absolute Gasteiger partial charge is 0.233 e. The molecule has 1 rings (SSSR count). The normalized spacial score (nSPS) is 20.7. The highest BCUT2D eigenvalue weighted by atomic mass is 16.2. The maximum Gasteiger partial charge on any atom is 0.233 e. The van der Waals surface area contributed by atoms with Crippen LogP contribution in [-0.2, 0) is 9.59 Å². The zero-order valence-corrected chi connectivity index (χ0v) is 11.3. The van der Waals surface area contributed by atoms with Gasteiger partial charge in [-0.15, -0.1) is 0 Å². The van der Waals surface area contributed by atoms with Crippen LogP contribution in [-0.4, -0.2) is 29.8 Å². The summed E-state index contributed by atoms with van der Waals surface area (Å²) in [5.74, 6) is 5.83. The van der Waals surface area contributed by atoms with Gasteiger partial charge in [-0.3, -0.25) is 15.0 Å². The van der Waals surface area contributed by atoms with Crippen molar-refractivity contribution in [2.24, 2.45) is 11.8 Å². The van der Waals surface area contributed by atoms with Gasteiger partial charge in [-0.2, -0.15) is 0 Å². The van der Waals surface area contributed by atoms with Crippen LogP contribution < -0.4 is 11.3 Å². The Balaban J connectivity index is 2.14. The van der Waals surface area contributed by atoms with Gasteiger partial charge in [-0.25, -0.2) is 5.84 Å². The van der Waals surface area contributed by atoms with Gasteiger partial charge < -0.3 is 4.90 Å². The lowest BCUT2D eigenvalue weighted by molar-refractivity contribution is -0.130. The van der Waals surface area contributed by atoms with Crippen molar-refractivity contribution in [2.75, 3.05) is 13.1 Å². The molecule has 1 aliphatic heterocycles. The second-order valence-electron chi connectivity index (χ2n) is 5.19. The van der Waals surface area contributed by atoms with Crippen LogP contribution in [0.3, 0.4) is 0 Å². The Morgan fingerprint density at radius 1 is 1.39 bits per heavy atom. The first-order valence-electron chi connectivity index (χ1n) is 6.90. The highest BCUT2D eigenvalue weighted by Gasteiger charge is 2.19. The molecule has 1 unspecified atom stereocenters. The summed E-state index contributed by atoms with van der Waals surface area (Å²) in [7, 11) is 0. The average Bonchev–Trinajstić information content (AvgIpc) is 2.52. The van der Waals surface area contributed by atoms with E-state index >= 15 is 0 Å². The molecule has 1 aliphatic rings. The molecule has 0 aromatic rings. The first kappa shape index (κ1) is 15.0. The predicted molar refractivity (Wildman–Crippen MR) is 70.4 cm³/mol. The molecule has 0 aliphatic carbocycles. The molecule has 5 heteroatoms. The van der Waals surface area contributed by atoms with Crippen molar-refractivity contribution in [3.8, 4) is 0 Å². The summed E-state index contributed by atoms with van der Waals surface area (Å²) in [6, 6.07) is 0. The van der Waals surface area contributed by atoms with E-state index in [1.807, 2.05) is 4.90 Å². The molecular formula is C13H25N3O2. The zero-order chi connectivity index (χ0) is 13.4. The molecule has 104 valence electrons. The molecule has 1 saturated heterocycles. The molecule has 2 amide bonds. The minimum atomic E-state index is -0.116. The van der Waals surface area contributed by atoms with Gasteiger partial charge in [0.2, 0.25) is 11.8 Å². The fraction of sp³-hybridized carbons (Fsp3) is 0.846. The average molecular weight is 255 g/mol. The van der Waals surface area contributed by atoms with E-state index in [-0.39, 0.29) is 5.91 Å². The van der Waals surface area contributed by atoms with Crippen LogP contribution >= 0.6 is 0 Å². The maximum absolute atomic E-state index is 11.8. The minimum Gasteiger partial charge on any atom is -0.343 e. The van der Waals surface area contributed by atoms with E-state index in [2.05, 4.69) is 12.3 Å². The summed E-state index contributed by atoms with van der Waals surface area (Å²) in [5, 5.41) is 0. The van der Waals surface area contributed by atoms with Gasteiger partial charge in [0.05, 0.1) is 0 Å². The molecule has 0 aromatic carbocycles. The van der Waals surface area contributed by atoms with E-state index in [4.69, 9.17) is 5.84 Å². The molecular weight excluding hydrogens is 230 g/mol. The van der Waals surface area contributed by atoms with Crippen molar-refractivity contribution < 1.29 is 9.59 Å². The van der Waals surface area contributed by atoms with E-state index < -0.39 is 0 Å². The van der Waals surface area contributed by atoms with Gasteiger partial charge in [0, 0.05) is 25.9 Å². The highest BCUT2D eigenvalue weighted by molar-refractivity contribution is 5.76. The molecule has 5 nitrogen and oxygen atoms in total. The number of amides is 2. The first-order valence-corrected chi connectivity index (χ1v) is 6.90. The summed E-state index contributed by atoms with van der Waals surface area (Å²) >= 11 is 0. The number of hydrogen-bond acceptors (Lipinski definition) is 3. The fourth-order valence-corrected chi connectivity index (χ4v) is 2.25. The number of nitrogens with two attached hydrogens (primary N) is 1. The Kier molecular flexibility index (Phi) is 6.72. The fourth-order valence-electron chi connectivity index (χ4n) is 2.25. The van der Waals surface area contributed by atoms with Gasteiger partial charge in [-0.1, -0.05) is 13.3 Å². The molecule has 0 bridgehead atoms. The van der Waals surface area contributed by atoms with E-state index in [0.29, 0.717) is 24.7 Å². The number of nitrogens with zero attached hydrogens (tertiary/aromatic N) is 1. The topological polar surface area (TPSA) is 75.4 Å². The monoisotopic (exact) mass is 255 g/mol. The van der Waals surface area contributed by atoms with Crippen LogP contribution in [0.1, 0.15) is 51.9 Å². The maximum atomic E-state index is 11.8. The molecule has 18 heavy (non-hydrogen) atoms. The molecule has 1 atom stereocenters. The molecule has 0 radical (unpaired) electrons. The van der Waals surface area contributed by atoms with Crippen LogP contribution in [0, 0.1) is 5.92 Å². The second kappa shape index (κ2) is 8.08. The molecule has 1 heterocycles. The third-order valence-electron chi connectivity index (χ3n) is 3.59. The molecule has 0 saturated carbocycles. The first-order chi connectivity index (χ1) is 8.63. The van der Waals surface area contributed by atoms with Gasteiger partial charge in [0.15, 0.2) is 0 Å². The van der Waals surface area contributed by atoms with Crippen LogP contribution in [0.15, 0.2) is 0 Å². The minimum absolute atomic E-state index is 0.116. The summed E-state index contributed by atoms with van der Waals surface area (Å²) in [4.78, 5) is 24.7. The number of carbonyl (C=O) groups is 2. The van der Waals surface area contributed by atoms with Crippen LogP contribution in [0.4, 0.5) is 0 Å². The number of hydrogen-bond donors (Lipinski definition) is 2. The van der Waals surface area contributed by atoms with Crippen molar-refractivity contribution in [1.29, 1.82) is 0 Å². The lowest BCUT2D eigenvalue weighted by Crippen LogP contribution is -2.31. The molecule has 1 fully saturated rings. The standard InChI is InChI=1S/C13H25N3O2/c1-11-6-7-13(18)16(10-8-11)9-4-2-3-5-12(17)15-14/h11H,2-10,14H2,1H3,(H,15,17). The van der Waals surface area contributed by atoms with Gasteiger partial charge in [-0.05, 0) is 31.6 Å². The lowest BCUT2D eigenvalue weighted by atomic mass is 10.0. The third kappa shape index (κ3) is 5.49. The number of unbranched alkanes of at least 4 members (excludes halogenated alkanes) is 2. The summed E-state index contributed by atoms with van der Waals surface area (Å²) in [5.41, 5.74) is 2.12. The van der Waals surface area contributed by atoms with Gasteiger partial charge >= 0.3 is 0 Å². The summed E-state index contributed by atoms with van der Waals surface area (Å²) < 4.78 is 0. The molecule has 3 N–H and O–H groups in total. The van der Waals surface area contributed by atoms with Crippen LogP contribution in [0.25, 0.3) is 0 Å². The summed E-state index contributed by atoms with van der Waals surface area (Å²) in [6.45, 7) is 3.93. The van der Waals surface area contributed by atoms with Gasteiger partial charge in [0.25, 0.3) is 0 Å². The molecule has 0 spiro atoms. The van der Waals surface area contributed by atoms with Crippen molar-refractivity contribution in [1.82, 2.24) is 10.3 Å². The Morgan fingerprint density at radius 2 is 2.17 bits per heavy atom. The SMILES string of the molecule is CC1CCC(=O)N(CCCCCC(=O)NN)CC1. The third-order valence-corrected chi connectivity index (χ3v) is 3.59. The van der Waals surface area contributed by atoms with E-state index in [1.165, 1.54) is 0 Å². The van der Waals surface area contributed by atoms with Gasteiger partial charge in [0.1, 0.15) is 0 Å². The Morgan fingerprint density at radius 3 is 2.89 bits per heavy atom.